The highest BCUT2D eigenvalue weighted by atomic mass is 16.6. The monoisotopic (exact) mass is 737 g/mol. The molecule has 4 aromatic rings. The van der Waals surface area contributed by atoms with Gasteiger partial charge in [-0.1, -0.05) is 147 Å². The number of rotatable bonds is 21. The first-order valence-corrected chi connectivity index (χ1v) is 19.0. The summed E-state index contributed by atoms with van der Waals surface area (Å²) in [6.45, 7) is 5.15. The highest BCUT2D eigenvalue weighted by molar-refractivity contribution is 5.76. The van der Waals surface area contributed by atoms with Gasteiger partial charge in [0.05, 0.1) is 51.3 Å². The first-order valence-electron chi connectivity index (χ1n) is 19.0. The molecule has 0 aromatic heterocycles. The molecule has 1 saturated heterocycles. The molecule has 1 amide bonds. The molecule has 1 aliphatic heterocycles. The average molecular weight is 738 g/mol. The van der Waals surface area contributed by atoms with Crippen LogP contribution in [0.3, 0.4) is 0 Å². The quantitative estimate of drug-likeness (QED) is 0.0810. The molecule has 0 aliphatic carbocycles. The number of hydrogen-bond donors (Lipinski definition) is 3. The Hall–Kier alpha value is -4.19. The summed E-state index contributed by atoms with van der Waals surface area (Å²) in [6.07, 6.45) is -0.422. The minimum atomic E-state index is -1.18. The van der Waals surface area contributed by atoms with Crippen molar-refractivity contribution < 1.29 is 38.7 Å². The highest BCUT2D eigenvalue weighted by Gasteiger charge is 2.48. The Labute approximate surface area is 319 Å². The zero-order valence-electron chi connectivity index (χ0n) is 31.3. The number of aliphatic hydroxyl groups excluding tert-OH is 2. The second-order valence-corrected chi connectivity index (χ2v) is 13.6. The Morgan fingerprint density at radius 1 is 0.667 bits per heavy atom. The topological polar surface area (TPSA) is 116 Å². The van der Waals surface area contributed by atoms with E-state index < -0.39 is 48.8 Å². The van der Waals surface area contributed by atoms with Crippen LogP contribution < -0.4 is 5.32 Å². The predicted molar refractivity (Wildman–Crippen MR) is 208 cm³/mol. The van der Waals surface area contributed by atoms with Gasteiger partial charge in [-0.2, -0.15) is 0 Å². The molecule has 0 radical (unpaired) electrons. The summed E-state index contributed by atoms with van der Waals surface area (Å²) in [4.78, 5) is 12.4. The van der Waals surface area contributed by atoms with Crippen LogP contribution >= 0.6 is 0 Å². The standard InChI is InChI=1S/C45H55NO8/c1-3-38(47)42(49)37(46-41(48)4-2)26-17-27-39-43(51-29-34-20-11-6-12-21-34)45(53-31-36-24-15-8-16-25-36)44(52-30-35-22-13-7-14-23-35)40(54-39)32-50-28-33-18-9-5-10-19-33/h5-26,37-40,42-45,47,49H,3-4,27-32H2,1-2H3,(H,46,48)/b26-17+/t37-,38+,39+,40?,42-,43?,44-,45-/m0/s1. The van der Waals surface area contributed by atoms with Gasteiger partial charge in [-0.25, -0.2) is 0 Å². The van der Waals surface area contributed by atoms with Gasteiger partial charge in [0.1, 0.15) is 30.5 Å². The molecule has 1 fully saturated rings. The normalized spacial score (nSPS) is 21.7. The summed E-state index contributed by atoms with van der Waals surface area (Å²) in [5.41, 5.74) is 4.08. The van der Waals surface area contributed by atoms with Crippen LogP contribution in [0.1, 0.15) is 55.4 Å². The SMILES string of the molecule is CCC(=O)N[C@@H](/C=C/C[C@H]1OC(COCc2ccccc2)[C@H](OCc2ccccc2)[C@@H](OCc2ccccc2)C1OCc1ccccc1)[C@H](O)[C@H](O)CC. The number of amides is 1. The Morgan fingerprint density at radius 2 is 1.11 bits per heavy atom. The molecule has 1 aliphatic rings. The van der Waals surface area contributed by atoms with Gasteiger partial charge in [0.15, 0.2) is 0 Å². The number of nitrogens with one attached hydrogen (secondary N) is 1. The van der Waals surface area contributed by atoms with E-state index in [9.17, 15) is 15.0 Å². The predicted octanol–water partition coefficient (Wildman–Crippen LogP) is 6.70. The maximum atomic E-state index is 12.4. The Kier molecular flexibility index (Phi) is 16.9. The van der Waals surface area contributed by atoms with E-state index in [4.69, 9.17) is 23.7 Å². The van der Waals surface area contributed by atoms with E-state index in [1.54, 1.807) is 19.9 Å². The summed E-state index contributed by atoms with van der Waals surface area (Å²) < 4.78 is 33.6. The molecule has 9 nitrogen and oxygen atoms in total. The summed E-state index contributed by atoms with van der Waals surface area (Å²) in [6, 6.07) is 39.2. The van der Waals surface area contributed by atoms with Gasteiger partial charge in [-0.05, 0) is 35.1 Å². The third kappa shape index (κ3) is 12.7. The van der Waals surface area contributed by atoms with Crippen molar-refractivity contribution in [1.82, 2.24) is 5.32 Å². The fourth-order valence-corrected chi connectivity index (χ4v) is 6.45. The van der Waals surface area contributed by atoms with E-state index >= 15 is 0 Å². The lowest BCUT2D eigenvalue weighted by atomic mass is 9.92. The molecule has 4 aromatic carbocycles. The molecule has 0 bridgehead atoms. The van der Waals surface area contributed by atoms with Crippen LogP contribution in [0, 0.1) is 0 Å². The maximum absolute atomic E-state index is 12.4. The van der Waals surface area contributed by atoms with Crippen molar-refractivity contribution in [3.63, 3.8) is 0 Å². The largest absolute Gasteiger partial charge is 0.390 e. The Balaban J connectivity index is 1.47. The molecule has 0 saturated carbocycles. The number of hydrogen-bond acceptors (Lipinski definition) is 8. The van der Waals surface area contributed by atoms with E-state index in [0.717, 1.165) is 22.3 Å². The molecule has 1 heterocycles. The van der Waals surface area contributed by atoms with Crippen molar-refractivity contribution in [2.75, 3.05) is 6.61 Å². The van der Waals surface area contributed by atoms with Gasteiger partial charge in [-0.15, -0.1) is 0 Å². The number of benzene rings is 4. The molecule has 0 spiro atoms. The highest BCUT2D eigenvalue weighted by Crippen LogP contribution is 2.32. The minimum absolute atomic E-state index is 0.228. The van der Waals surface area contributed by atoms with Gasteiger partial charge in [0.2, 0.25) is 5.91 Å². The van der Waals surface area contributed by atoms with Gasteiger partial charge in [-0.3, -0.25) is 4.79 Å². The average Bonchev–Trinajstić information content (AvgIpc) is 3.22. The summed E-state index contributed by atoms with van der Waals surface area (Å²) in [5, 5.41) is 24.3. The van der Waals surface area contributed by atoms with E-state index in [2.05, 4.69) is 5.32 Å². The van der Waals surface area contributed by atoms with E-state index in [1.165, 1.54) is 0 Å². The van der Waals surface area contributed by atoms with Crippen molar-refractivity contribution >= 4 is 5.91 Å². The lowest BCUT2D eigenvalue weighted by Gasteiger charge is -2.46. The smallest absolute Gasteiger partial charge is 0.220 e. The fourth-order valence-electron chi connectivity index (χ4n) is 6.45. The number of aliphatic hydroxyl groups is 2. The van der Waals surface area contributed by atoms with Gasteiger partial charge < -0.3 is 39.2 Å². The number of carbonyl (C=O) groups is 1. The number of carbonyl (C=O) groups excluding carboxylic acids is 1. The van der Waals surface area contributed by atoms with Gasteiger partial charge >= 0.3 is 0 Å². The fraction of sp³-hybridized carbons (Fsp3) is 0.400. The third-order valence-electron chi connectivity index (χ3n) is 9.52. The molecular formula is C45H55NO8. The third-order valence-corrected chi connectivity index (χ3v) is 9.52. The van der Waals surface area contributed by atoms with E-state index in [-0.39, 0.29) is 18.9 Å². The van der Waals surface area contributed by atoms with Crippen molar-refractivity contribution in [2.45, 2.75) is 108 Å². The van der Waals surface area contributed by atoms with Crippen molar-refractivity contribution in [2.24, 2.45) is 0 Å². The summed E-state index contributed by atoms with van der Waals surface area (Å²) >= 11 is 0. The van der Waals surface area contributed by atoms with E-state index in [0.29, 0.717) is 39.3 Å². The zero-order chi connectivity index (χ0) is 38.0. The van der Waals surface area contributed by atoms with Crippen LogP contribution in [-0.4, -0.2) is 71.5 Å². The summed E-state index contributed by atoms with van der Waals surface area (Å²) in [5.74, 6) is -0.228. The lowest BCUT2D eigenvalue weighted by Crippen LogP contribution is -2.61. The van der Waals surface area contributed by atoms with Crippen LogP contribution in [0.4, 0.5) is 0 Å². The number of ether oxygens (including phenoxy) is 5. The van der Waals surface area contributed by atoms with Crippen LogP contribution in [0.5, 0.6) is 0 Å². The Bertz CT molecular complexity index is 1640. The molecule has 5 rings (SSSR count). The molecule has 288 valence electrons. The second kappa shape index (κ2) is 22.3. The lowest BCUT2D eigenvalue weighted by molar-refractivity contribution is -0.271. The molecule has 2 unspecified atom stereocenters. The molecular weight excluding hydrogens is 682 g/mol. The molecule has 54 heavy (non-hydrogen) atoms. The zero-order valence-corrected chi connectivity index (χ0v) is 31.3. The molecule has 3 N–H and O–H groups in total. The summed E-state index contributed by atoms with van der Waals surface area (Å²) in [7, 11) is 0. The van der Waals surface area contributed by atoms with Crippen LogP contribution in [0.15, 0.2) is 133 Å². The first-order chi connectivity index (χ1) is 26.4. The van der Waals surface area contributed by atoms with Crippen molar-refractivity contribution in [3.8, 4) is 0 Å². The van der Waals surface area contributed by atoms with Crippen LogP contribution in [0.25, 0.3) is 0 Å². The molecule has 9 heteroatoms. The van der Waals surface area contributed by atoms with Crippen molar-refractivity contribution in [3.05, 3.63) is 156 Å². The first kappa shape index (κ1) is 41.0. The van der Waals surface area contributed by atoms with Crippen molar-refractivity contribution in [1.29, 1.82) is 0 Å². The van der Waals surface area contributed by atoms with Crippen LogP contribution in [-0.2, 0) is 54.9 Å². The minimum Gasteiger partial charge on any atom is -0.390 e. The van der Waals surface area contributed by atoms with E-state index in [1.807, 2.05) is 127 Å². The molecule has 8 atom stereocenters. The second-order valence-electron chi connectivity index (χ2n) is 13.6. The van der Waals surface area contributed by atoms with Crippen LogP contribution in [0.2, 0.25) is 0 Å². The van der Waals surface area contributed by atoms with Gasteiger partial charge in [0.25, 0.3) is 0 Å². The maximum Gasteiger partial charge on any atom is 0.220 e. The van der Waals surface area contributed by atoms with Gasteiger partial charge in [0, 0.05) is 6.42 Å². The Morgan fingerprint density at radius 3 is 1.57 bits per heavy atom.